The molecule has 1 amide bonds. The van der Waals surface area contributed by atoms with Crippen LogP contribution in [-0.2, 0) is 9.53 Å². The molecule has 1 fully saturated rings. The van der Waals surface area contributed by atoms with Gasteiger partial charge < -0.3 is 20.5 Å². The van der Waals surface area contributed by atoms with Gasteiger partial charge in [0.1, 0.15) is 18.1 Å². The maximum absolute atomic E-state index is 15.1. The number of carbonyl (C=O) groups is 2. The minimum absolute atomic E-state index is 0.0441. The van der Waals surface area contributed by atoms with Crippen molar-refractivity contribution in [3.05, 3.63) is 77.9 Å². The molecule has 0 radical (unpaired) electrons. The van der Waals surface area contributed by atoms with Crippen LogP contribution in [0.15, 0.2) is 55.1 Å². The number of nitrogens with two attached hydrogens (primary N) is 1. The fraction of sp³-hybridized carbons (Fsp3) is 0.200. The number of ether oxygens (including phenoxy) is 1. The molecule has 2 aromatic carbocycles. The Labute approximate surface area is 204 Å². The zero-order valence-corrected chi connectivity index (χ0v) is 19.0. The fourth-order valence-electron chi connectivity index (χ4n) is 4.29. The van der Waals surface area contributed by atoms with Gasteiger partial charge in [0.15, 0.2) is 5.69 Å². The Morgan fingerprint density at radius 2 is 1.89 bits per heavy atom. The van der Waals surface area contributed by atoms with Crippen LogP contribution in [0.25, 0.3) is 22.2 Å². The lowest BCUT2D eigenvalue weighted by atomic mass is 9.92. The van der Waals surface area contributed by atoms with Gasteiger partial charge in [0.05, 0.1) is 36.3 Å². The van der Waals surface area contributed by atoms with Crippen molar-refractivity contribution in [3.8, 4) is 11.3 Å². The van der Waals surface area contributed by atoms with Crippen molar-refractivity contribution < 1.29 is 23.8 Å². The molecule has 0 spiro atoms. The highest BCUT2D eigenvalue weighted by atomic mass is 19.1. The molecular formula is C25H21FN6O4. The molecule has 1 aliphatic heterocycles. The second-order valence-electron chi connectivity index (χ2n) is 8.23. The number of fused-ring (bicyclic) bond motifs is 1. The Hall–Kier alpha value is -4.51. The first-order chi connectivity index (χ1) is 17.4. The van der Waals surface area contributed by atoms with E-state index in [-0.39, 0.29) is 17.0 Å². The number of hydrogen-bond acceptors (Lipinski definition) is 8. The molecule has 1 unspecified atom stereocenters. The van der Waals surface area contributed by atoms with Crippen LogP contribution in [0, 0.1) is 5.82 Å². The lowest BCUT2D eigenvalue weighted by molar-refractivity contribution is -0.118. The van der Waals surface area contributed by atoms with Crippen molar-refractivity contribution in [2.75, 3.05) is 31.2 Å². The molecule has 0 saturated carbocycles. The van der Waals surface area contributed by atoms with Crippen molar-refractivity contribution in [1.29, 1.82) is 0 Å². The summed E-state index contributed by atoms with van der Waals surface area (Å²) < 4.78 is 20.5. The molecule has 36 heavy (non-hydrogen) atoms. The second-order valence-corrected chi connectivity index (χ2v) is 8.23. The average Bonchev–Trinajstić information content (AvgIpc) is 2.89. The van der Waals surface area contributed by atoms with Gasteiger partial charge in [-0.25, -0.2) is 24.1 Å². The van der Waals surface area contributed by atoms with E-state index in [1.165, 1.54) is 30.7 Å². The predicted octanol–water partition coefficient (Wildman–Crippen LogP) is 2.38. The summed E-state index contributed by atoms with van der Waals surface area (Å²) in [6, 6.07) is 9.79. The number of amides is 1. The van der Waals surface area contributed by atoms with Crippen LogP contribution in [0.1, 0.15) is 27.7 Å². The Balaban J connectivity index is 1.58. The number of hydrogen-bond donors (Lipinski definition) is 2. The maximum Gasteiger partial charge on any atom is 0.356 e. The number of rotatable bonds is 6. The molecule has 5 rings (SSSR count). The van der Waals surface area contributed by atoms with E-state index in [2.05, 4.69) is 24.8 Å². The van der Waals surface area contributed by atoms with E-state index in [9.17, 15) is 14.7 Å². The second kappa shape index (κ2) is 9.62. The first-order valence-electron chi connectivity index (χ1n) is 11.1. The van der Waals surface area contributed by atoms with Gasteiger partial charge in [0.25, 0.3) is 0 Å². The van der Waals surface area contributed by atoms with E-state index in [0.29, 0.717) is 35.4 Å². The highest BCUT2D eigenvalue weighted by Gasteiger charge is 2.25. The fourth-order valence-corrected chi connectivity index (χ4v) is 4.29. The summed E-state index contributed by atoms with van der Waals surface area (Å²) in [4.78, 5) is 42.5. The summed E-state index contributed by atoms with van der Waals surface area (Å²) in [5, 5.41) is 9.87. The Bertz CT molecular complexity index is 1470. The van der Waals surface area contributed by atoms with Crippen molar-refractivity contribution in [1.82, 2.24) is 19.9 Å². The normalized spacial score (nSPS) is 14.5. The topological polar surface area (TPSA) is 144 Å². The summed E-state index contributed by atoms with van der Waals surface area (Å²) in [5.74, 6) is -3.77. The van der Waals surface area contributed by atoms with Gasteiger partial charge in [0, 0.05) is 35.9 Å². The van der Waals surface area contributed by atoms with Gasteiger partial charge in [-0.15, -0.1) is 0 Å². The molecule has 1 atom stereocenters. The van der Waals surface area contributed by atoms with Crippen molar-refractivity contribution in [2.24, 2.45) is 5.73 Å². The Kier molecular flexibility index (Phi) is 6.21. The van der Waals surface area contributed by atoms with Crippen LogP contribution >= 0.6 is 0 Å². The third-order valence-electron chi connectivity index (χ3n) is 6.03. The standard InChI is InChI=1S/C25H21FN6O4/c26-18-4-1-14(22(24(27)33)20-11-28-12-21(31-20)25(34)35)9-17(18)23-16-3-2-15(10-19(16)29-13-30-23)32-5-7-36-8-6-32/h1-4,9-13,22H,5-8H2,(H2,27,33)(H,34,35). The van der Waals surface area contributed by atoms with E-state index >= 15 is 4.39 Å². The maximum atomic E-state index is 15.1. The van der Waals surface area contributed by atoms with Gasteiger partial charge in [0.2, 0.25) is 5.91 Å². The van der Waals surface area contributed by atoms with Gasteiger partial charge >= 0.3 is 5.97 Å². The molecule has 1 saturated heterocycles. The molecular weight excluding hydrogens is 467 g/mol. The summed E-state index contributed by atoms with van der Waals surface area (Å²) >= 11 is 0. The zero-order valence-electron chi connectivity index (χ0n) is 19.0. The van der Waals surface area contributed by atoms with Crippen LogP contribution in [0.2, 0.25) is 0 Å². The number of aromatic nitrogens is 4. The van der Waals surface area contributed by atoms with Crippen LogP contribution in [-0.4, -0.2) is 63.2 Å². The smallest absolute Gasteiger partial charge is 0.356 e. The van der Waals surface area contributed by atoms with Crippen molar-refractivity contribution in [2.45, 2.75) is 5.92 Å². The van der Waals surface area contributed by atoms with Gasteiger partial charge in [-0.05, 0) is 35.9 Å². The Morgan fingerprint density at radius 1 is 1.08 bits per heavy atom. The minimum atomic E-state index is -1.30. The van der Waals surface area contributed by atoms with Crippen molar-refractivity contribution >= 4 is 28.5 Å². The van der Waals surface area contributed by atoms with Gasteiger partial charge in [-0.1, -0.05) is 6.07 Å². The number of carbonyl (C=O) groups excluding carboxylic acids is 1. The van der Waals surface area contributed by atoms with E-state index < -0.39 is 23.6 Å². The van der Waals surface area contributed by atoms with E-state index in [1.807, 2.05) is 18.2 Å². The molecule has 3 heterocycles. The van der Waals surface area contributed by atoms with E-state index in [0.717, 1.165) is 25.0 Å². The number of anilines is 1. The lowest BCUT2D eigenvalue weighted by Crippen LogP contribution is -2.36. The number of halogens is 1. The molecule has 4 aromatic rings. The third kappa shape index (κ3) is 4.43. The highest BCUT2D eigenvalue weighted by Crippen LogP contribution is 2.33. The number of carboxylic acid groups (broad SMARTS) is 1. The van der Waals surface area contributed by atoms with Crippen LogP contribution in [0.3, 0.4) is 0 Å². The SMILES string of the molecule is NC(=O)C(c1ccc(F)c(-c2ncnc3cc(N4CCOCC4)ccc23)c1)c1cncc(C(=O)O)n1. The van der Waals surface area contributed by atoms with E-state index in [1.54, 1.807) is 0 Å². The number of carboxylic acids is 1. The average molecular weight is 488 g/mol. The number of aromatic carboxylic acids is 1. The number of morpholine rings is 1. The number of benzene rings is 2. The largest absolute Gasteiger partial charge is 0.476 e. The summed E-state index contributed by atoms with van der Waals surface area (Å²) in [6.07, 6.45) is 3.69. The molecule has 182 valence electrons. The molecule has 10 nitrogen and oxygen atoms in total. The number of nitrogens with zero attached hydrogens (tertiary/aromatic N) is 5. The quantitative estimate of drug-likeness (QED) is 0.418. The predicted molar refractivity (Wildman–Crippen MR) is 128 cm³/mol. The first-order valence-corrected chi connectivity index (χ1v) is 11.1. The molecule has 3 N–H and O–H groups in total. The highest BCUT2D eigenvalue weighted by molar-refractivity contribution is 5.94. The Morgan fingerprint density at radius 3 is 2.64 bits per heavy atom. The summed E-state index contributed by atoms with van der Waals surface area (Å²) in [7, 11) is 0. The van der Waals surface area contributed by atoms with Gasteiger partial charge in [-0.3, -0.25) is 9.78 Å². The minimum Gasteiger partial charge on any atom is -0.476 e. The van der Waals surface area contributed by atoms with Crippen LogP contribution in [0.4, 0.5) is 10.1 Å². The monoisotopic (exact) mass is 488 g/mol. The third-order valence-corrected chi connectivity index (χ3v) is 6.03. The first kappa shape index (κ1) is 23.2. The summed E-state index contributed by atoms with van der Waals surface area (Å²) in [5.41, 5.74) is 7.80. The van der Waals surface area contributed by atoms with Gasteiger partial charge in [-0.2, -0.15) is 0 Å². The van der Waals surface area contributed by atoms with E-state index in [4.69, 9.17) is 10.5 Å². The molecule has 11 heteroatoms. The summed E-state index contributed by atoms with van der Waals surface area (Å²) in [6.45, 7) is 2.82. The molecule has 2 aromatic heterocycles. The lowest BCUT2D eigenvalue weighted by Gasteiger charge is -2.29. The molecule has 0 bridgehead atoms. The van der Waals surface area contributed by atoms with Crippen molar-refractivity contribution in [3.63, 3.8) is 0 Å². The molecule has 1 aliphatic rings. The molecule has 0 aliphatic carbocycles. The van der Waals surface area contributed by atoms with Crippen LogP contribution in [0.5, 0.6) is 0 Å². The zero-order chi connectivity index (χ0) is 25.2. The number of primary amides is 1. The van der Waals surface area contributed by atoms with Crippen LogP contribution < -0.4 is 10.6 Å².